The molecule has 3 aromatic carbocycles. The Kier molecular flexibility index (Phi) is 5.47. The highest BCUT2D eigenvalue weighted by atomic mass is 35.5. The van der Waals surface area contributed by atoms with Gasteiger partial charge >= 0.3 is 0 Å². The zero-order chi connectivity index (χ0) is 21.4. The zero-order valence-corrected chi connectivity index (χ0v) is 18.4. The number of benzene rings is 3. The van der Waals surface area contributed by atoms with Gasteiger partial charge in [-0.25, -0.2) is 0 Å². The predicted molar refractivity (Wildman–Crippen MR) is 127 cm³/mol. The van der Waals surface area contributed by atoms with E-state index in [1.54, 1.807) is 36.0 Å². The summed E-state index contributed by atoms with van der Waals surface area (Å²) in [5, 5.41) is 3.44. The lowest BCUT2D eigenvalue weighted by atomic mass is 10.1. The van der Waals surface area contributed by atoms with E-state index in [0.717, 1.165) is 24.1 Å². The van der Waals surface area contributed by atoms with Crippen LogP contribution < -0.4 is 10.2 Å². The second-order valence-electron chi connectivity index (χ2n) is 7.82. The maximum Gasteiger partial charge on any atom is 0.255 e. The van der Waals surface area contributed by atoms with Gasteiger partial charge < -0.3 is 5.32 Å². The van der Waals surface area contributed by atoms with Gasteiger partial charge in [-0.3, -0.25) is 14.5 Å². The fraction of sp³-hybridized carbons (Fsp3) is 0.200. The molecule has 1 fully saturated rings. The molecule has 3 aromatic rings. The molecule has 4 nitrogen and oxygen atoms in total. The molecular formula is C25H21ClN2O2S. The number of amides is 2. The van der Waals surface area contributed by atoms with Gasteiger partial charge in [0.1, 0.15) is 5.37 Å². The lowest BCUT2D eigenvalue weighted by Crippen LogP contribution is -2.27. The van der Waals surface area contributed by atoms with Crippen LogP contribution in [0.1, 0.15) is 38.8 Å². The van der Waals surface area contributed by atoms with Crippen molar-refractivity contribution in [1.82, 2.24) is 0 Å². The van der Waals surface area contributed by atoms with Gasteiger partial charge in [0, 0.05) is 22.0 Å². The summed E-state index contributed by atoms with van der Waals surface area (Å²) in [7, 11) is 0. The van der Waals surface area contributed by atoms with Gasteiger partial charge in [0.25, 0.3) is 5.91 Å². The van der Waals surface area contributed by atoms with Crippen LogP contribution in [0.2, 0.25) is 5.02 Å². The molecule has 5 rings (SSSR count). The van der Waals surface area contributed by atoms with Crippen molar-refractivity contribution in [2.24, 2.45) is 0 Å². The van der Waals surface area contributed by atoms with Crippen LogP contribution >= 0.6 is 23.4 Å². The van der Waals surface area contributed by atoms with Gasteiger partial charge in [0.2, 0.25) is 5.91 Å². The summed E-state index contributed by atoms with van der Waals surface area (Å²) in [5.74, 6) is 0.416. The minimum Gasteiger partial charge on any atom is -0.322 e. The molecule has 1 aliphatic heterocycles. The third kappa shape index (κ3) is 4.08. The SMILES string of the molecule is O=C(Nc1ccc([C@H]2SCC(=O)N2c2ccc3c(c2)CCC3)cc1)c1ccc(Cl)cc1. The summed E-state index contributed by atoms with van der Waals surface area (Å²) < 4.78 is 0. The highest BCUT2D eigenvalue weighted by Gasteiger charge is 2.34. The van der Waals surface area contributed by atoms with E-state index in [1.807, 2.05) is 29.2 Å². The second kappa shape index (κ2) is 8.40. The van der Waals surface area contributed by atoms with E-state index in [1.165, 1.54) is 17.5 Å². The number of halogens is 1. The predicted octanol–water partition coefficient (Wildman–Crippen LogP) is 5.86. The topological polar surface area (TPSA) is 49.4 Å². The largest absolute Gasteiger partial charge is 0.322 e. The van der Waals surface area contributed by atoms with E-state index in [0.29, 0.717) is 22.0 Å². The van der Waals surface area contributed by atoms with Crippen LogP contribution in [0.5, 0.6) is 0 Å². The van der Waals surface area contributed by atoms with E-state index in [2.05, 4.69) is 23.5 Å². The molecule has 156 valence electrons. The number of aryl methyl sites for hydroxylation is 2. The smallest absolute Gasteiger partial charge is 0.255 e. The molecule has 0 bridgehead atoms. The summed E-state index contributed by atoms with van der Waals surface area (Å²) in [6.07, 6.45) is 3.41. The number of fused-ring (bicyclic) bond motifs is 1. The van der Waals surface area contributed by atoms with Gasteiger partial charge in [-0.2, -0.15) is 0 Å². The summed E-state index contributed by atoms with van der Waals surface area (Å²) in [6.45, 7) is 0. The molecule has 2 aliphatic rings. The Morgan fingerprint density at radius 3 is 2.48 bits per heavy atom. The molecule has 1 atom stereocenters. The van der Waals surface area contributed by atoms with Crippen molar-refractivity contribution in [1.29, 1.82) is 0 Å². The van der Waals surface area contributed by atoms with Gasteiger partial charge in [0.15, 0.2) is 0 Å². The van der Waals surface area contributed by atoms with E-state index in [-0.39, 0.29) is 17.2 Å². The molecule has 0 radical (unpaired) electrons. The number of nitrogens with one attached hydrogen (secondary N) is 1. The van der Waals surface area contributed by atoms with Crippen LogP contribution in [-0.2, 0) is 17.6 Å². The van der Waals surface area contributed by atoms with Crippen molar-refractivity contribution in [3.05, 3.63) is 94.0 Å². The maximum absolute atomic E-state index is 12.7. The lowest BCUT2D eigenvalue weighted by Gasteiger charge is -2.25. The quantitative estimate of drug-likeness (QED) is 0.543. The first-order valence-electron chi connectivity index (χ1n) is 10.3. The Morgan fingerprint density at radius 2 is 1.71 bits per heavy atom. The molecule has 2 amide bonds. The minimum atomic E-state index is -0.186. The fourth-order valence-electron chi connectivity index (χ4n) is 4.19. The Hall–Kier alpha value is -2.76. The lowest BCUT2D eigenvalue weighted by molar-refractivity contribution is -0.115. The number of rotatable bonds is 4. The minimum absolute atomic E-state index is 0.0621. The Morgan fingerprint density at radius 1 is 0.968 bits per heavy atom. The molecular weight excluding hydrogens is 428 g/mol. The standard InChI is InChI=1S/C25H21ClN2O2S/c26-20-9-4-17(5-10-20)24(30)27-21-11-6-18(7-12-21)25-28(23(29)15-31-25)22-13-8-16-2-1-3-19(16)14-22/h4-14,25H,1-3,15H2,(H,27,30)/t25-/m1/s1. The summed E-state index contributed by atoms with van der Waals surface area (Å²) in [5.41, 5.74) is 6.04. The molecule has 0 aromatic heterocycles. The van der Waals surface area contributed by atoms with E-state index >= 15 is 0 Å². The Balaban J connectivity index is 1.34. The molecule has 6 heteroatoms. The van der Waals surface area contributed by atoms with Gasteiger partial charge in [-0.1, -0.05) is 29.8 Å². The number of thioether (sulfide) groups is 1. The third-order valence-corrected chi connectivity index (χ3v) is 7.25. The Bertz CT molecular complexity index is 1150. The van der Waals surface area contributed by atoms with Crippen LogP contribution in [0.15, 0.2) is 66.7 Å². The molecule has 31 heavy (non-hydrogen) atoms. The Labute approximate surface area is 190 Å². The van der Waals surface area contributed by atoms with Crippen LogP contribution in [0.3, 0.4) is 0 Å². The number of hydrogen-bond donors (Lipinski definition) is 1. The van der Waals surface area contributed by atoms with Crippen LogP contribution in [-0.4, -0.2) is 17.6 Å². The molecule has 1 saturated heterocycles. The summed E-state index contributed by atoms with van der Waals surface area (Å²) >= 11 is 7.52. The van der Waals surface area contributed by atoms with Crippen molar-refractivity contribution in [3.8, 4) is 0 Å². The van der Waals surface area contributed by atoms with E-state index < -0.39 is 0 Å². The number of hydrogen-bond acceptors (Lipinski definition) is 3. The molecule has 0 saturated carbocycles. The van der Waals surface area contributed by atoms with Crippen molar-refractivity contribution < 1.29 is 9.59 Å². The molecule has 1 aliphatic carbocycles. The number of anilines is 2. The third-order valence-electron chi connectivity index (χ3n) is 5.79. The molecule has 1 heterocycles. The highest BCUT2D eigenvalue weighted by molar-refractivity contribution is 8.00. The molecule has 0 unspecified atom stereocenters. The fourth-order valence-corrected chi connectivity index (χ4v) is 5.50. The maximum atomic E-state index is 12.7. The van der Waals surface area contributed by atoms with Crippen molar-refractivity contribution in [2.45, 2.75) is 24.6 Å². The van der Waals surface area contributed by atoms with Gasteiger partial charge in [-0.15, -0.1) is 11.8 Å². The first-order valence-corrected chi connectivity index (χ1v) is 11.7. The van der Waals surface area contributed by atoms with Crippen molar-refractivity contribution >= 4 is 46.6 Å². The van der Waals surface area contributed by atoms with Crippen LogP contribution in [0.4, 0.5) is 11.4 Å². The molecule has 0 spiro atoms. The summed E-state index contributed by atoms with van der Waals surface area (Å²) in [4.78, 5) is 27.0. The van der Waals surface area contributed by atoms with E-state index in [9.17, 15) is 9.59 Å². The van der Waals surface area contributed by atoms with Crippen molar-refractivity contribution in [2.75, 3.05) is 16.0 Å². The average molecular weight is 449 g/mol. The van der Waals surface area contributed by atoms with Gasteiger partial charge in [0.05, 0.1) is 5.75 Å². The normalized spacial score (nSPS) is 17.6. The first-order chi connectivity index (χ1) is 15.1. The summed E-state index contributed by atoms with van der Waals surface area (Å²) in [6, 6.07) is 20.9. The van der Waals surface area contributed by atoms with Gasteiger partial charge in [-0.05, 0) is 84.5 Å². The highest BCUT2D eigenvalue weighted by Crippen LogP contribution is 2.43. The number of carbonyl (C=O) groups is 2. The van der Waals surface area contributed by atoms with Crippen LogP contribution in [0.25, 0.3) is 0 Å². The zero-order valence-electron chi connectivity index (χ0n) is 16.8. The monoisotopic (exact) mass is 448 g/mol. The number of nitrogens with zero attached hydrogens (tertiary/aromatic N) is 1. The second-order valence-corrected chi connectivity index (χ2v) is 9.32. The first kappa shape index (κ1) is 20.2. The average Bonchev–Trinajstić information content (AvgIpc) is 3.40. The van der Waals surface area contributed by atoms with E-state index in [4.69, 9.17) is 11.6 Å². The van der Waals surface area contributed by atoms with Crippen LogP contribution in [0, 0.1) is 0 Å². The number of carbonyl (C=O) groups excluding carboxylic acids is 2. The molecule has 1 N–H and O–H groups in total. The van der Waals surface area contributed by atoms with Crippen molar-refractivity contribution in [3.63, 3.8) is 0 Å².